The van der Waals surface area contributed by atoms with Gasteiger partial charge in [-0.25, -0.2) is 0 Å². The third-order valence-electron chi connectivity index (χ3n) is 1.61. The van der Waals surface area contributed by atoms with Crippen LogP contribution in [0.4, 0.5) is 0 Å². The van der Waals surface area contributed by atoms with Crippen LogP contribution < -0.4 is 0 Å². The van der Waals surface area contributed by atoms with E-state index in [9.17, 15) is 0 Å². The van der Waals surface area contributed by atoms with Crippen LogP contribution >= 0.6 is 0 Å². The van der Waals surface area contributed by atoms with E-state index < -0.39 is 5.79 Å². The lowest BCUT2D eigenvalue weighted by Crippen LogP contribution is -2.24. The van der Waals surface area contributed by atoms with Crippen LogP contribution in [0.1, 0.15) is 27.7 Å². The molecular weight excluding hydrogens is 184 g/mol. The Hall–Kier alpha value is -0.160. The molecular formula is C10H22O4. The molecule has 0 aliphatic carbocycles. The Kier molecular flexibility index (Phi) is 7.09. The maximum Gasteiger partial charge on any atom is 0.163 e. The standard InChI is InChI=1S/C8H16O4.C2H6/c1-8(2)11-6-7(12-8)5-10-4-3-9;1-2/h7,9H,3-6H2,1-2H3;1-2H3. The van der Waals surface area contributed by atoms with Gasteiger partial charge in [0, 0.05) is 0 Å². The molecule has 1 heterocycles. The predicted octanol–water partition coefficient (Wildman–Crippen LogP) is 1.17. The largest absolute Gasteiger partial charge is 0.394 e. The number of aliphatic hydroxyl groups is 1. The molecule has 0 spiro atoms. The summed E-state index contributed by atoms with van der Waals surface area (Å²) in [5.74, 6) is -0.479. The SMILES string of the molecule is CC.CC1(C)OCC(COCCO)O1. The summed E-state index contributed by atoms with van der Waals surface area (Å²) in [6.07, 6.45) is 0.00606. The molecule has 0 aromatic carbocycles. The highest BCUT2D eigenvalue weighted by atomic mass is 16.7. The second-order valence-corrected chi connectivity index (χ2v) is 3.25. The summed E-state index contributed by atoms with van der Waals surface area (Å²) in [5, 5.41) is 8.45. The molecule has 1 aliphatic heterocycles. The van der Waals surface area contributed by atoms with Gasteiger partial charge in [-0.15, -0.1) is 0 Å². The second-order valence-electron chi connectivity index (χ2n) is 3.25. The summed E-state index contributed by atoms with van der Waals surface area (Å²) in [6, 6.07) is 0. The van der Waals surface area contributed by atoms with Crippen molar-refractivity contribution in [2.45, 2.75) is 39.6 Å². The van der Waals surface area contributed by atoms with Gasteiger partial charge in [0.15, 0.2) is 5.79 Å². The van der Waals surface area contributed by atoms with E-state index in [4.69, 9.17) is 19.3 Å². The van der Waals surface area contributed by atoms with Gasteiger partial charge in [0.1, 0.15) is 6.10 Å². The predicted molar refractivity (Wildman–Crippen MR) is 54.2 cm³/mol. The van der Waals surface area contributed by atoms with Crippen molar-refractivity contribution in [3.05, 3.63) is 0 Å². The van der Waals surface area contributed by atoms with Crippen LogP contribution in [0.3, 0.4) is 0 Å². The first-order valence-electron chi connectivity index (χ1n) is 5.14. The topological polar surface area (TPSA) is 47.9 Å². The van der Waals surface area contributed by atoms with Gasteiger partial charge in [0.2, 0.25) is 0 Å². The van der Waals surface area contributed by atoms with E-state index in [0.717, 1.165) is 0 Å². The normalized spacial score (nSPS) is 24.2. The number of aliphatic hydroxyl groups excluding tert-OH is 1. The number of hydrogen-bond acceptors (Lipinski definition) is 4. The summed E-state index contributed by atoms with van der Waals surface area (Å²) in [7, 11) is 0. The molecule has 1 N–H and O–H groups in total. The third-order valence-corrected chi connectivity index (χ3v) is 1.61. The van der Waals surface area contributed by atoms with Crippen molar-refractivity contribution in [1.82, 2.24) is 0 Å². The summed E-state index contributed by atoms with van der Waals surface area (Å²) in [6.45, 7) is 9.22. The van der Waals surface area contributed by atoms with Crippen LogP contribution in [-0.4, -0.2) is 43.4 Å². The highest BCUT2D eigenvalue weighted by molar-refractivity contribution is 4.69. The highest BCUT2D eigenvalue weighted by Crippen LogP contribution is 2.22. The van der Waals surface area contributed by atoms with Crippen molar-refractivity contribution >= 4 is 0 Å². The summed E-state index contributed by atoms with van der Waals surface area (Å²) in [4.78, 5) is 0. The molecule has 1 atom stereocenters. The minimum absolute atomic E-state index is 0.00606. The minimum Gasteiger partial charge on any atom is -0.394 e. The van der Waals surface area contributed by atoms with Crippen LogP contribution in [0.2, 0.25) is 0 Å². The molecule has 0 bridgehead atoms. The summed E-state index contributed by atoms with van der Waals surface area (Å²) < 4.78 is 15.9. The first-order valence-corrected chi connectivity index (χ1v) is 5.14. The zero-order valence-corrected chi connectivity index (χ0v) is 9.58. The first kappa shape index (κ1) is 13.8. The van der Waals surface area contributed by atoms with Crippen LogP contribution in [-0.2, 0) is 14.2 Å². The molecule has 1 aliphatic rings. The van der Waals surface area contributed by atoms with E-state index >= 15 is 0 Å². The van der Waals surface area contributed by atoms with E-state index in [-0.39, 0.29) is 12.7 Å². The molecule has 1 rings (SSSR count). The highest BCUT2D eigenvalue weighted by Gasteiger charge is 2.32. The third kappa shape index (κ3) is 5.54. The quantitative estimate of drug-likeness (QED) is 0.701. The molecule has 0 aromatic heterocycles. The minimum atomic E-state index is -0.479. The molecule has 86 valence electrons. The van der Waals surface area contributed by atoms with Gasteiger partial charge in [-0.1, -0.05) is 13.8 Å². The fourth-order valence-electron chi connectivity index (χ4n) is 1.12. The summed E-state index contributed by atoms with van der Waals surface area (Å²) in [5.41, 5.74) is 0. The van der Waals surface area contributed by atoms with Gasteiger partial charge in [-0.05, 0) is 13.8 Å². The Bertz CT molecular complexity index is 136. The summed E-state index contributed by atoms with van der Waals surface area (Å²) >= 11 is 0. The lowest BCUT2D eigenvalue weighted by atomic mass is 10.4. The Morgan fingerprint density at radius 2 is 2.07 bits per heavy atom. The van der Waals surface area contributed by atoms with Crippen LogP contribution in [0.25, 0.3) is 0 Å². The van der Waals surface area contributed by atoms with E-state index in [0.29, 0.717) is 19.8 Å². The molecule has 4 heteroatoms. The maximum absolute atomic E-state index is 8.45. The average molecular weight is 206 g/mol. The molecule has 1 unspecified atom stereocenters. The fraction of sp³-hybridized carbons (Fsp3) is 1.00. The van der Waals surface area contributed by atoms with Crippen molar-refractivity contribution in [3.8, 4) is 0 Å². The van der Waals surface area contributed by atoms with E-state index in [1.165, 1.54) is 0 Å². The Morgan fingerprint density at radius 1 is 1.43 bits per heavy atom. The molecule has 1 saturated heterocycles. The fourth-order valence-corrected chi connectivity index (χ4v) is 1.12. The smallest absolute Gasteiger partial charge is 0.163 e. The molecule has 0 radical (unpaired) electrons. The molecule has 0 saturated carbocycles. The van der Waals surface area contributed by atoms with Gasteiger partial charge < -0.3 is 19.3 Å². The van der Waals surface area contributed by atoms with E-state index in [1.807, 2.05) is 27.7 Å². The molecule has 4 nitrogen and oxygen atoms in total. The Labute approximate surface area is 86.2 Å². The average Bonchev–Trinajstić information content (AvgIpc) is 2.50. The van der Waals surface area contributed by atoms with Gasteiger partial charge >= 0.3 is 0 Å². The van der Waals surface area contributed by atoms with Gasteiger partial charge in [0.25, 0.3) is 0 Å². The van der Waals surface area contributed by atoms with Crippen LogP contribution in [0, 0.1) is 0 Å². The Balaban J connectivity index is 0.000000791. The zero-order chi connectivity index (χ0) is 11.0. The lowest BCUT2D eigenvalue weighted by Gasteiger charge is -2.16. The lowest BCUT2D eigenvalue weighted by molar-refractivity contribution is -0.145. The van der Waals surface area contributed by atoms with Crippen molar-refractivity contribution < 1.29 is 19.3 Å². The van der Waals surface area contributed by atoms with Crippen molar-refractivity contribution in [1.29, 1.82) is 0 Å². The van der Waals surface area contributed by atoms with E-state index in [2.05, 4.69) is 0 Å². The number of hydrogen-bond donors (Lipinski definition) is 1. The monoisotopic (exact) mass is 206 g/mol. The van der Waals surface area contributed by atoms with Gasteiger partial charge in [-0.2, -0.15) is 0 Å². The van der Waals surface area contributed by atoms with Crippen LogP contribution in [0.15, 0.2) is 0 Å². The molecule has 14 heavy (non-hydrogen) atoms. The molecule has 1 fully saturated rings. The first-order chi connectivity index (χ1) is 6.64. The number of ether oxygens (including phenoxy) is 3. The maximum atomic E-state index is 8.45. The molecule has 0 aromatic rings. The zero-order valence-electron chi connectivity index (χ0n) is 9.58. The molecule has 0 amide bonds. The number of rotatable bonds is 4. The van der Waals surface area contributed by atoms with E-state index in [1.54, 1.807) is 0 Å². The van der Waals surface area contributed by atoms with Gasteiger partial charge in [-0.3, -0.25) is 0 Å². The van der Waals surface area contributed by atoms with Crippen molar-refractivity contribution in [3.63, 3.8) is 0 Å². The van der Waals surface area contributed by atoms with Crippen molar-refractivity contribution in [2.24, 2.45) is 0 Å². The van der Waals surface area contributed by atoms with Crippen molar-refractivity contribution in [2.75, 3.05) is 26.4 Å². The van der Waals surface area contributed by atoms with Crippen LogP contribution in [0.5, 0.6) is 0 Å². The second kappa shape index (κ2) is 7.17. The Morgan fingerprint density at radius 3 is 2.50 bits per heavy atom. The van der Waals surface area contributed by atoms with Gasteiger partial charge in [0.05, 0.1) is 26.4 Å².